The summed E-state index contributed by atoms with van der Waals surface area (Å²) in [6, 6.07) is 14.3. The lowest BCUT2D eigenvalue weighted by atomic mass is 9.91. The third-order valence-corrected chi connectivity index (χ3v) is 3.75. The van der Waals surface area contributed by atoms with Gasteiger partial charge in [-0.3, -0.25) is 4.79 Å². The summed E-state index contributed by atoms with van der Waals surface area (Å²) in [6.45, 7) is 3.54. The molecule has 0 radical (unpaired) electrons. The zero-order valence-electron chi connectivity index (χ0n) is 13.2. The highest BCUT2D eigenvalue weighted by molar-refractivity contribution is 6.30. The highest BCUT2D eigenvalue weighted by Gasteiger charge is 2.26. The van der Waals surface area contributed by atoms with Crippen molar-refractivity contribution in [3.63, 3.8) is 0 Å². The molecule has 122 valence electrons. The van der Waals surface area contributed by atoms with Crippen molar-refractivity contribution in [2.75, 3.05) is 6.54 Å². The Morgan fingerprint density at radius 1 is 1.22 bits per heavy atom. The molecule has 2 aromatic rings. The number of para-hydroxylation sites is 1. The average molecular weight is 334 g/mol. The molecular weight excluding hydrogens is 314 g/mol. The molecule has 0 aliphatic carbocycles. The van der Waals surface area contributed by atoms with Crippen molar-refractivity contribution in [2.45, 2.75) is 25.9 Å². The number of halogens is 1. The van der Waals surface area contributed by atoms with Gasteiger partial charge in [-0.1, -0.05) is 29.8 Å². The number of carbonyl (C=O) groups is 1. The van der Waals surface area contributed by atoms with Crippen LogP contribution in [0.2, 0.25) is 5.02 Å². The first kappa shape index (κ1) is 17.3. The van der Waals surface area contributed by atoms with Crippen LogP contribution in [0.5, 0.6) is 11.5 Å². The van der Waals surface area contributed by atoms with Gasteiger partial charge in [0.15, 0.2) is 0 Å². The predicted molar refractivity (Wildman–Crippen MR) is 90.8 cm³/mol. The summed E-state index contributed by atoms with van der Waals surface area (Å²) in [7, 11) is 0. The lowest BCUT2D eigenvalue weighted by molar-refractivity contribution is -0.119. The fraction of sp³-hybridized carbons (Fsp3) is 0.278. The Kier molecular flexibility index (Phi) is 5.64. The second-order valence-corrected chi connectivity index (χ2v) is 6.00. The minimum atomic E-state index is -1.12. The summed E-state index contributed by atoms with van der Waals surface area (Å²) in [5, 5.41) is 14.1. The molecule has 1 amide bonds. The van der Waals surface area contributed by atoms with Crippen LogP contribution in [-0.4, -0.2) is 17.6 Å². The largest absolute Gasteiger partial charge is 0.457 e. The van der Waals surface area contributed by atoms with Crippen LogP contribution in [0.15, 0.2) is 48.5 Å². The first-order chi connectivity index (χ1) is 10.9. The monoisotopic (exact) mass is 333 g/mol. The van der Waals surface area contributed by atoms with Gasteiger partial charge < -0.3 is 15.2 Å². The molecule has 4 nitrogen and oxygen atoms in total. The third-order valence-electron chi connectivity index (χ3n) is 3.49. The molecule has 2 rings (SSSR count). The van der Waals surface area contributed by atoms with Crippen molar-refractivity contribution in [1.82, 2.24) is 5.32 Å². The molecule has 0 aliphatic rings. The van der Waals surface area contributed by atoms with E-state index in [2.05, 4.69) is 5.32 Å². The van der Waals surface area contributed by atoms with E-state index >= 15 is 0 Å². The normalized spacial score (nSPS) is 13.2. The van der Waals surface area contributed by atoms with E-state index in [9.17, 15) is 9.90 Å². The molecular formula is C18H20ClNO3. The quantitative estimate of drug-likeness (QED) is 0.843. The van der Waals surface area contributed by atoms with Crippen molar-refractivity contribution in [2.24, 2.45) is 0 Å². The first-order valence-electron chi connectivity index (χ1n) is 7.38. The lowest BCUT2D eigenvalue weighted by Crippen LogP contribution is -2.30. The van der Waals surface area contributed by atoms with Crippen molar-refractivity contribution < 1.29 is 14.6 Å². The fourth-order valence-electron chi connectivity index (χ4n) is 2.25. The maximum atomic E-state index is 11.0. The number of hydrogen-bond donors (Lipinski definition) is 2. The summed E-state index contributed by atoms with van der Waals surface area (Å²) in [5.41, 5.74) is -0.453. The number of nitrogens with one attached hydrogen (secondary N) is 1. The van der Waals surface area contributed by atoms with E-state index in [-0.39, 0.29) is 5.91 Å². The van der Waals surface area contributed by atoms with Gasteiger partial charge in [0.25, 0.3) is 0 Å². The number of amides is 1. The van der Waals surface area contributed by atoms with Gasteiger partial charge in [0.1, 0.15) is 11.5 Å². The summed E-state index contributed by atoms with van der Waals surface area (Å²) in [5.74, 6) is 1.09. The Labute approximate surface area is 141 Å². The summed E-state index contributed by atoms with van der Waals surface area (Å²) in [4.78, 5) is 11.0. The van der Waals surface area contributed by atoms with Gasteiger partial charge in [-0.2, -0.15) is 0 Å². The first-order valence-corrected chi connectivity index (χ1v) is 7.76. The minimum absolute atomic E-state index is 0.119. The molecule has 0 aliphatic heterocycles. The van der Waals surface area contributed by atoms with Crippen LogP contribution >= 0.6 is 11.6 Å². The molecule has 1 unspecified atom stereocenters. The molecule has 2 N–H and O–H groups in total. The molecule has 5 heteroatoms. The van der Waals surface area contributed by atoms with E-state index in [1.807, 2.05) is 18.2 Å². The van der Waals surface area contributed by atoms with E-state index in [0.29, 0.717) is 35.1 Å². The van der Waals surface area contributed by atoms with E-state index < -0.39 is 5.60 Å². The zero-order chi connectivity index (χ0) is 16.9. The number of ether oxygens (including phenoxy) is 1. The van der Waals surface area contributed by atoms with Gasteiger partial charge in [0.2, 0.25) is 5.91 Å². The fourth-order valence-corrected chi connectivity index (χ4v) is 2.37. The summed E-state index contributed by atoms with van der Waals surface area (Å²) < 4.78 is 5.87. The second kappa shape index (κ2) is 7.49. The second-order valence-electron chi connectivity index (χ2n) is 5.56. The van der Waals surface area contributed by atoms with Crippen LogP contribution < -0.4 is 10.1 Å². The SMILES string of the molecule is CC(=O)NCCC(C)(O)c1ccccc1Oc1ccc(Cl)cc1. The Morgan fingerprint density at radius 3 is 2.52 bits per heavy atom. The molecule has 0 saturated carbocycles. The molecule has 0 saturated heterocycles. The van der Waals surface area contributed by atoms with Crippen LogP contribution in [0, 0.1) is 0 Å². The molecule has 23 heavy (non-hydrogen) atoms. The average Bonchev–Trinajstić information content (AvgIpc) is 2.49. The number of rotatable bonds is 6. The molecule has 0 aromatic heterocycles. The Morgan fingerprint density at radius 2 is 1.87 bits per heavy atom. The highest BCUT2D eigenvalue weighted by Crippen LogP contribution is 2.35. The van der Waals surface area contributed by atoms with Gasteiger partial charge >= 0.3 is 0 Å². The van der Waals surface area contributed by atoms with Gasteiger partial charge in [-0.15, -0.1) is 0 Å². The predicted octanol–water partition coefficient (Wildman–Crippen LogP) is 3.87. The van der Waals surface area contributed by atoms with Crippen LogP contribution in [0.1, 0.15) is 25.8 Å². The molecule has 0 bridgehead atoms. The van der Waals surface area contributed by atoms with Crippen molar-refractivity contribution in [1.29, 1.82) is 0 Å². The third kappa shape index (κ3) is 4.98. The van der Waals surface area contributed by atoms with Crippen LogP contribution in [0.4, 0.5) is 0 Å². The summed E-state index contributed by atoms with van der Waals surface area (Å²) >= 11 is 5.87. The van der Waals surface area contributed by atoms with E-state index in [4.69, 9.17) is 16.3 Å². The maximum absolute atomic E-state index is 11.0. The van der Waals surface area contributed by atoms with Crippen molar-refractivity contribution in [3.05, 3.63) is 59.1 Å². The number of carbonyl (C=O) groups excluding carboxylic acids is 1. The van der Waals surface area contributed by atoms with Crippen LogP contribution in [0.3, 0.4) is 0 Å². The van der Waals surface area contributed by atoms with Gasteiger partial charge in [-0.05, 0) is 43.7 Å². The number of benzene rings is 2. The zero-order valence-corrected chi connectivity index (χ0v) is 13.9. The van der Waals surface area contributed by atoms with Gasteiger partial charge in [0.05, 0.1) is 5.60 Å². The Bertz CT molecular complexity index is 668. The lowest BCUT2D eigenvalue weighted by Gasteiger charge is -2.26. The van der Waals surface area contributed by atoms with Crippen LogP contribution in [-0.2, 0) is 10.4 Å². The molecule has 0 heterocycles. The summed E-state index contributed by atoms with van der Waals surface area (Å²) in [6.07, 6.45) is 0.383. The molecule has 1 atom stereocenters. The minimum Gasteiger partial charge on any atom is -0.457 e. The topological polar surface area (TPSA) is 58.6 Å². The Hall–Kier alpha value is -2.04. The van der Waals surface area contributed by atoms with E-state index in [0.717, 1.165) is 0 Å². The van der Waals surface area contributed by atoms with E-state index in [1.165, 1.54) is 6.92 Å². The molecule has 0 fully saturated rings. The highest BCUT2D eigenvalue weighted by atomic mass is 35.5. The van der Waals surface area contributed by atoms with Crippen molar-refractivity contribution >= 4 is 17.5 Å². The van der Waals surface area contributed by atoms with E-state index in [1.54, 1.807) is 37.3 Å². The Balaban J connectivity index is 2.18. The standard InChI is InChI=1S/C18H20ClNO3/c1-13(21)20-12-11-18(2,22)16-5-3-4-6-17(16)23-15-9-7-14(19)8-10-15/h3-10,22H,11-12H2,1-2H3,(H,20,21). The van der Waals surface area contributed by atoms with Gasteiger partial charge in [-0.25, -0.2) is 0 Å². The number of hydrogen-bond acceptors (Lipinski definition) is 3. The van der Waals surface area contributed by atoms with Gasteiger partial charge in [0, 0.05) is 24.1 Å². The number of aliphatic hydroxyl groups is 1. The maximum Gasteiger partial charge on any atom is 0.216 e. The smallest absolute Gasteiger partial charge is 0.216 e. The molecule has 2 aromatic carbocycles. The van der Waals surface area contributed by atoms with Crippen molar-refractivity contribution in [3.8, 4) is 11.5 Å². The van der Waals surface area contributed by atoms with Crippen LogP contribution in [0.25, 0.3) is 0 Å². The molecule has 0 spiro atoms.